The molecule has 0 spiro atoms. The Labute approximate surface area is 157 Å². The summed E-state index contributed by atoms with van der Waals surface area (Å²) < 4.78 is 18.7. The zero-order valence-corrected chi connectivity index (χ0v) is 22.7. The largest absolute Gasteiger partial charge is 0.466 e. The van der Waals surface area contributed by atoms with Crippen molar-refractivity contribution in [3.63, 3.8) is 0 Å². The van der Waals surface area contributed by atoms with E-state index in [1.165, 1.54) is 10.4 Å². The van der Waals surface area contributed by atoms with E-state index in [1.807, 2.05) is 0 Å². The van der Waals surface area contributed by atoms with Crippen LogP contribution in [0.25, 0.3) is 0 Å². The van der Waals surface area contributed by atoms with Crippen molar-refractivity contribution in [3.8, 4) is 0 Å². The van der Waals surface area contributed by atoms with E-state index < -0.39 is 35.4 Å². The summed E-state index contributed by atoms with van der Waals surface area (Å²) in [5, 5.41) is 2.74. The molecule has 0 radical (unpaired) electrons. The van der Waals surface area contributed by atoms with Crippen LogP contribution in [0.5, 0.6) is 0 Å². The molecule has 3 nitrogen and oxygen atoms in total. The Balaban J connectivity index is 2.01. The van der Waals surface area contributed by atoms with Gasteiger partial charge >= 0.3 is 0 Å². The highest BCUT2D eigenvalue weighted by Gasteiger charge is 2.27. The molecule has 0 N–H and O–H groups in total. The molecule has 2 aromatic carbocycles. The topological polar surface area (TPSA) is 27.7 Å². The summed E-state index contributed by atoms with van der Waals surface area (Å²) in [6, 6.07) is 21.5. The van der Waals surface area contributed by atoms with Crippen LogP contribution in [0, 0.1) is 0 Å². The van der Waals surface area contributed by atoms with Gasteiger partial charge in [0.2, 0.25) is 9.04 Å². The van der Waals surface area contributed by atoms with Gasteiger partial charge in [-0.1, -0.05) is 67.2 Å². The summed E-state index contributed by atoms with van der Waals surface area (Å²) in [7, 11) is -4.75. The summed E-state index contributed by atoms with van der Waals surface area (Å²) >= 11 is 0. The summed E-state index contributed by atoms with van der Waals surface area (Å²) in [4.78, 5) is 0. The van der Waals surface area contributed by atoms with Crippen LogP contribution in [0.4, 0.5) is 0 Å². The molecule has 0 fully saturated rings. The van der Waals surface area contributed by atoms with Gasteiger partial charge < -0.3 is 12.3 Å². The average molecular weight is 425 g/mol. The molecule has 0 aromatic heterocycles. The van der Waals surface area contributed by atoms with Crippen LogP contribution in [0.3, 0.4) is 0 Å². The normalized spacial score (nSPS) is 13.8. The third-order valence-electron chi connectivity index (χ3n) is 3.73. The zero-order chi connectivity index (χ0) is 17.3. The van der Waals surface area contributed by atoms with Crippen molar-refractivity contribution in [2.24, 2.45) is 0 Å². The molecule has 2 aromatic rings. The molecule has 0 aliphatic heterocycles. The van der Waals surface area contributed by atoms with Crippen molar-refractivity contribution in [2.75, 3.05) is 0 Å². The first-order chi connectivity index (χ1) is 11.6. The molecule has 0 saturated carbocycles. The first-order valence-electron chi connectivity index (χ1n) is 8.55. The fraction of sp³-hybridized carbons (Fsp3) is 0.200. The lowest BCUT2D eigenvalue weighted by Gasteiger charge is -2.26. The summed E-state index contributed by atoms with van der Waals surface area (Å²) in [5.74, 6) is 0. The van der Waals surface area contributed by atoms with Gasteiger partial charge in [-0.25, -0.2) is 0 Å². The molecule has 0 amide bonds. The van der Waals surface area contributed by atoms with Gasteiger partial charge in [-0.3, -0.25) is 0 Å². The molecule has 130 valence electrons. The van der Waals surface area contributed by atoms with E-state index in [-0.39, 0.29) is 19.0 Å². The van der Waals surface area contributed by atoms with Gasteiger partial charge in [-0.2, -0.15) is 0 Å². The van der Waals surface area contributed by atoms with E-state index in [1.54, 1.807) is 0 Å². The first-order valence-corrected chi connectivity index (χ1v) is 23.1. The maximum atomic E-state index is 6.66. The fourth-order valence-electron chi connectivity index (χ4n) is 2.49. The minimum Gasteiger partial charge on any atom is -0.466 e. The van der Waals surface area contributed by atoms with E-state index >= 15 is 0 Å². The van der Waals surface area contributed by atoms with Gasteiger partial charge in [0.15, 0.2) is 35.7 Å². The highest BCUT2D eigenvalue weighted by atomic mass is 29.2. The Morgan fingerprint density at radius 2 is 1.38 bits per heavy atom. The Kier molecular flexibility index (Phi) is 8.79. The van der Waals surface area contributed by atoms with Crippen molar-refractivity contribution in [1.29, 1.82) is 0 Å². The molecular formula is C15H28O3Si6. The van der Waals surface area contributed by atoms with Crippen LogP contribution in [0.15, 0.2) is 60.7 Å². The van der Waals surface area contributed by atoms with Gasteiger partial charge in [0.05, 0.1) is 0 Å². The predicted octanol–water partition coefficient (Wildman–Crippen LogP) is -1.43. The molecule has 2 rings (SSSR count). The Bertz CT molecular complexity index is 545. The predicted molar refractivity (Wildman–Crippen MR) is 120 cm³/mol. The molecule has 0 aliphatic rings. The third-order valence-corrected chi connectivity index (χ3v) is 25.7. The standard InChI is InChI=1S/C15H28O3Si6/c1-19-16-20-21-18-24(2,3)22-17-23(14-10-6-4-7-11-14)15-12-8-5-9-13-15/h4-13,23H,19-22H2,1-3H3. The molecule has 0 bridgehead atoms. The maximum absolute atomic E-state index is 6.66. The summed E-state index contributed by atoms with van der Waals surface area (Å²) in [5.41, 5.74) is 0. The average Bonchev–Trinajstić information content (AvgIpc) is 2.61. The fourth-order valence-corrected chi connectivity index (χ4v) is 31.5. The van der Waals surface area contributed by atoms with Crippen LogP contribution in [-0.4, -0.2) is 54.5 Å². The van der Waals surface area contributed by atoms with Gasteiger partial charge in [0, 0.05) is 0 Å². The Morgan fingerprint density at radius 1 is 0.833 bits per heavy atom. The quantitative estimate of drug-likeness (QED) is 0.346. The molecule has 0 heterocycles. The van der Waals surface area contributed by atoms with E-state index in [4.69, 9.17) is 12.3 Å². The van der Waals surface area contributed by atoms with E-state index in [0.717, 1.165) is 0 Å². The zero-order valence-electron chi connectivity index (χ0n) is 14.9. The van der Waals surface area contributed by atoms with Gasteiger partial charge in [0.1, 0.15) is 9.76 Å². The van der Waals surface area contributed by atoms with Crippen LogP contribution in [0.2, 0.25) is 19.6 Å². The molecule has 0 unspecified atom stereocenters. The van der Waals surface area contributed by atoms with Crippen LogP contribution in [-0.2, 0) is 12.3 Å². The Hall–Kier alpha value is -0.379. The van der Waals surface area contributed by atoms with E-state index in [9.17, 15) is 0 Å². The second-order valence-corrected chi connectivity index (χ2v) is 26.2. The van der Waals surface area contributed by atoms with Crippen LogP contribution >= 0.6 is 0 Å². The SMILES string of the molecule is C[SiH2]O[SiH2][SiH2]O[Si](C)(C)[SiH2]O[SiH](c1ccccc1)c1ccccc1. The molecule has 24 heavy (non-hydrogen) atoms. The minimum atomic E-state index is -1.60. The van der Waals surface area contributed by atoms with Crippen molar-refractivity contribution in [2.45, 2.75) is 19.6 Å². The molecular weight excluding hydrogens is 397 g/mol. The van der Waals surface area contributed by atoms with E-state index in [2.05, 4.69) is 80.3 Å². The Morgan fingerprint density at radius 3 is 1.88 bits per heavy atom. The van der Waals surface area contributed by atoms with Crippen molar-refractivity contribution in [3.05, 3.63) is 60.7 Å². The molecule has 0 atom stereocenters. The van der Waals surface area contributed by atoms with Crippen LogP contribution < -0.4 is 10.4 Å². The number of hydrogen-bond donors (Lipinski definition) is 0. The first kappa shape index (κ1) is 19.9. The van der Waals surface area contributed by atoms with Crippen molar-refractivity contribution >= 4 is 64.9 Å². The number of rotatable bonds is 10. The second-order valence-electron chi connectivity index (χ2n) is 6.32. The smallest absolute Gasteiger partial charge is 0.228 e. The third kappa shape index (κ3) is 6.86. The summed E-state index contributed by atoms with van der Waals surface area (Å²) in [6.45, 7) is 6.88. The maximum Gasteiger partial charge on any atom is 0.228 e. The highest BCUT2D eigenvalue weighted by molar-refractivity contribution is 7.22. The lowest BCUT2D eigenvalue weighted by Crippen LogP contribution is -2.52. The second kappa shape index (κ2) is 10.6. The number of hydrogen-bond acceptors (Lipinski definition) is 3. The van der Waals surface area contributed by atoms with Gasteiger partial charge in [-0.15, -0.1) is 0 Å². The van der Waals surface area contributed by atoms with Gasteiger partial charge in [0.25, 0.3) is 0 Å². The lowest BCUT2D eigenvalue weighted by molar-refractivity contribution is 0.586. The number of benzene rings is 2. The molecule has 0 aliphatic carbocycles. The van der Waals surface area contributed by atoms with Crippen LogP contribution in [0.1, 0.15) is 0 Å². The van der Waals surface area contributed by atoms with E-state index in [0.29, 0.717) is 0 Å². The molecule has 0 saturated heterocycles. The monoisotopic (exact) mass is 424 g/mol. The highest BCUT2D eigenvalue weighted by Crippen LogP contribution is 2.03. The minimum absolute atomic E-state index is 0.226. The molecule has 9 heteroatoms. The van der Waals surface area contributed by atoms with Crippen molar-refractivity contribution in [1.82, 2.24) is 0 Å². The lowest BCUT2D eigenvalue weighted by atomic mass is 10.4. The van der Waals surface area contributed by atoms with Gasteiger partial charge in [-0.05, 0) is 23.5 Å². The van der Waals surface area contributed by atoms with Crippen molar-refractivity contribution < 1.29 is 12.3 Å². The summed E-state index contributed by atoms with van der Waals surface area (Å²) in [6.07, 6.45) is 0.